The van der Waals surface area contributed by atoms with E-state index >= 15 is 0 Å². The number of nitrogens with one attached hydrogen (secondary N) is 1. The van der Waals surface area contributed by atoms with Gasteiger partial charge in [0.2, 0.25) is 0 Å². The average Bonchev–Trinajstić information content (AvgIpc) is 2.42. The molecule has 0 amide bonds. The average molecular weight is 287 g/mol. The first-order chi connectivity index (χ1) is 9.25. The first-order valence-electron chi connectivity index (χ1n) is 6.70. The molecule has 19 heavy (non-hydrogen) atoms. The molecule has 3 nitrogen and oxygen atoms in total. The van der Waals surface area contributed by atoms with Crippen molar-refractivity contribution >= 4 is 11.6 Å². The summed E-state index contributed by atoms with van der Waals surface area (Å²) in [6.07, 6.45) is 1.06. The Morgan fingerprint density at radius 2 is 2.11 bits per heavy atom. The molecule has 1 aliphatic heterocycles. The van der Waals surface area contributed by atoms with Crippen LogP contribution < -0.4 is 5.32 Å². The molecule has 0 spiro atoms. The minimum atomic E-state index is -0.242. The second-order valence-electron chi connectivity index (χ2n) is 4.72. The predicted octanol–water partition coefficient (Wildman–Crippen LogP) is 2.29. The lowest BCUT2D eigenvalue weighted by Crippen LogP contribution is -2.37. The molecule has 0 unspecified atom stereocenters. The Balaban J connectivity index is 1.61. The van der Waals surface area contributed by atoms with Crippen LogP contribution in [0.5, 0.6) is 0 Å². The van der Waals surface area contributed by atoms with E-state index in [4.69, 9.17) is 16.3 Å². The lowest BCUT2D eigenvalue weighted by atomic mass is 10.2. The zero-order valence-electron chi connectivity index (χ0n) is 11.0. The van der Waals surface area contributed by atoms with Crippen LogP contribution in [0.2, 0.25) is 5.02 Å². The minimum absolute atomic E-state index is 0.242. The summed E-state index contributed by atoms with van der Waals surface area (Å²) in [5.41, 5.74) is 0.663. The Morgan fingerprint density at radius 3 is 2.84 bits per heavy atom. The molecule has 1 saturated heterocycles. The van der Waals surface area contributed by atoms with Gasteiger partial charge in [0, 0.05) is 30.2 Å². The normalized spacial score (nSPS) is 16.7. The van der Waals surface area contributed by atoms with E-state index in [0.29, 0.717) is 17.1 Å². The molecule has 2 rings (SSSR count). The second kappa shape index (κ2) is 7.80. The van der Waals surface area contributed by atoms with Crippen molar-refractivity contribution in [2.45, 2.75) is 13.0 Å². The Kier molecular flexibility index (Phi) is 6.04. The Hall–Kier alpha value is -0.680. The minimum Gasteiger partial charge on any atom is -0.379 e. The van der Waals surface area contributed by atoms with Crippen molar-refractivity contribution in [2.75, 3.05) is 39.4 Å². The van der Waals surface area contributed by atoms with E-state index in [1.165, 1.54) is 6.07 Å². The number of hydrogen-bond donors (Lipinski definition) is 1. The number of rotatable bonds is 6. The summed E-state index contributed by atoms with van der Waals surface area (Å²) >= 11 is 5.71. The first-order valence-corrected chi connectivity index (χ1v) is 7.08. The number of halogens is 2. The van der Waals surface area contributed by atoms with Crippen molar-refractivity contribution in [1.29, 1.82) is 0 Å². The van der Waals surface area contributed by atoms with Gasteiger partial charge in [0.25, 0.3) is 0 Å². The smallest absolute Gasteiger partial charge is 0.129 e. The number of benzene rings is 1. The summed E-state index contributed by atoms with van der Waals surface area (Å²) in [7, 11) is 0. The van der Waals surface area contributed by atoms with Crippen LogP contribution in [0.1, 0.15) is 12.0 Å². The molecule has 0 aliphatic carbocycles. The summed E-state index contributed by atoms with van der Waals surface area (Å²) in [5.74, 6) is -0.242. The topological polar surface area (TPSA) is 24.5 Å². The molecule has 0 bridgehead atoms. The number of hydrogen-bond acceptors (Lipinski definition) is 3. The number of ether oxygens (including phenoxy) is 1. The predicted molar refractivity (Wildman–Crippen MR) is 75.0 cm³/mol. The van der Waals surface area contributed by atoms with Crippen LogP contribution in [-0.4, -0.2) is 44.3 Å². The van der Waals surface area contributed by atoms with Gasteiger partial charge in [-0.2, -0.15) is 0 Å². The van der Waals surface area contributed by atoms with Crippen molar-refractivity contribution in [1.82, 2.24) is 10.2 Å². The Morgan fingerprint density at radius 1 is 1.32 bits per heavy atom. The Labute approximate surface area is 118 Å². The van der Waals surface area contributed by atoms with Gasteiger partial charge < -0.3 is 10.1 Å². The fourth-order valence-electron chi connectivity index (χ4n) is 2.14. The third-order valence-corrected chi connectivity index (χ3v) is 3.50. The molecule has 5 heteroatoms. The van der Waals surface area contributed by atoms with Crippen LogP contribution in [0, 0.1) is 5.82 Å². The van der Waals surface area contributed by atoms with Crippen LogP contribution in [-0.2, 0) is 11.3 Å². The van der Waals surface area contributed by atoms with Crippen molar-refractivity contribution in [2.24, 2.45) is 0 Å². The molecule has 1 N–H and O–H groups in total. The molecule has 1 aromatic rings. The van der Waals surface area contributed by atoms with Crippen LogP contribution in [0.25, 0.3) is 0 Å². The van der Waals surface area contributed by atoms with Crippen molar-refractivity contribution < 1.29 is 9.13 Å². The molecule has 1 aromatic carbocycles. The molecule has 106 valence electrons. The first kappa shape index (κ1) is 14.7. The maximum atomic E-state index is 13.5. The van der Waals surface area contributed by atoms with Gasteiger partial charge in [-0.25, -0.2) is 4.39 Å². The Bertz CT molecular complexity index is 397. The van der Waals surface area contributed by atoms with Gasteiger partial charge in [0.15, 0.2) is 0 Å². The largest absolute Gasteiger partial charge is 0.379 e. The monoisotopic (exact) mass is 286 g/mol. The summed E-state index contributed by atoms with van der Waals surface area (Å²) < 4.78 is 18.8. The van der Waals surface area contributed by atoms with Crippen LogP contribution in [0.15, 0.2) is 18.2 Å². The third kappa shape index (κ3) is 5.07. The highest BCUT2D eigenvalue weighted by Crippen LogP contribution is 2.14. The standard InChI is InChI=1S/C14H20ClFN2O/c15-13-3-2-12(14(16)10-13)11-17-4-1-5-18-6-8-19-9-7-18/h2-3,10,17H,1,4-9,11H2. The fourth-order valence-corrected chi connectivity index (χ4v) is 2.30. The van der Waals surface area contributed by atoms with E-state index in [9.17, 15) is 4.39 Å². The quantitative estimate of drug-likeness (QED) is 0.812. The summed E-state index contributed by atoms with van der Waals surface area (Å²) in [4.78, 5) is 2.40. The molecule has 1 heterocycles. The van der Waals surface area contributed by atoms with Crippen LogP contribution >= 0.6 is 11.6 Å². The van der Waals surface area contributed by atoms with Gasteiger partial charge in [0.05, 0.1) is 13.2 Å². The molecule has 1 fully saturated rings. The zero-order chi connectivity index (χ0) is 13.5. The number of nitrogens with zero attached hydrogens (tertiary/aromatic N) is 1. The van der Waals surface area contributed by atoms with Gasteiger partial charge in [-0.3, -0.25) is 4.90 Å². The van der Waals surface area contributed by atoms with Crippen molar-refractivity contribution in [3.8, 4) is 0 Å². The summed E-state index contributed by atoms with van der Waals surface area (Å²) in [5, 5.41) is 3.70. The van der Waals surface area contributed by atoms with Gasteiger partial charge in [-0.1, -0.05) is 17.7 Å². The van der Waals surface area contributed by atoms with E-state index in [1.807, 2.05) is 0 Å². The fraction of sp³-hybridized carbons (Fsp3) is 0.571. The van der Waals surface area contributed by atoms with E-state index in [-0.39, 0.29) is 5.82 Å². The van der Waals surface area contributed by atoms with Crippen molar-refractivity contribution in [3.05, 3.63) is 34.6 Å². The molecule has 0 radical (unpaired) electrons. The summed E-state index contributed by atoms with van der Waals surface area (Å²) in [6, 6.07) is 4.80. The van der Waals surface area contributed by atoms with Crippen LogP contribution in [0.4, 0.5) is 4.39 Å². The highest BCUT2D eigenvalue weighted by molar-refractivity contribution is 6.30. The van der Waals surface area contributed by atoms with E-state index in [1.54, 1.807) is 12.1 Å². The van der Waals surface area contributed by atoms with E-state index in [2.05, 4.69) is 10.2 Å². The number of morpholine rings is 1. The van der Waals surface area contributed by atoms with E-state index in [0.717, 1.165) is 45.8 Å². The van der Waals surface area contributed by atoms with Gasteiger partial charge >= 0.3 is 0 Å². The van der Waals surface area contributed by atoms with Crippen molar-refractivity contribution in [3.63, 3.8) is 0 Å². The van der Waals surface area contributed by atoms with Crippen LogP contribution in [0.3, 0.4) is 0 Å². The molecule has 0 atom stereocenters. The van der Waals surface area contributed by atoms with E-state index < -0.39 is 0 Å². The highest BCUT2D eigenvalue weighted by atomic mass is 35.5. The summed E-state index contributed by atoms with van der Waals surface area (Å²) in [6.45, 7) is 6.22. The lowest BCUT2D eigenvalue weighted by molar-refractivity contribution is 0.0374. The maximum Gasteiger partial charge on any atom is 0.129 e. The van der Waals surface area contributed by atoms with Gasteiger partial charge in [-0.05, 0) is 31.6 Å². The molecular weight excluding hydrogens is 267 g/mol. The van der Waals surface area contributed by atoms with Gasteiger partial charge in [0.1, 0.15) is 5.82 Å². The molecular formula is C14H20ClFN2O. The lowest BCUT2D eigenvalue weighted by Gasteiger charge is -2.26. The SMILES string of the molecule is Fc1cc(Cl)ccc1CNCCCN1CCOCC1. The third-order valence-electron chi connectivity index (χ3n) is 3.26. The zero-order valence-corrected chi connectivity index (χ0v) is 11.8. The molecule has 0 saturated carbocycles. The molecule has 0 aromatic heterocycles. The maximum absolute atomic E-state index is 13.5. The second-order valence-corrected chi connectivity index (χ2v) is 5.16. The molecule has 1 aliphatic rings. The van der Waals surface area contributed by atoms with Gasteiger partial charge in [-0.15, -0.1) is 0 Å². The highest BCUT2D eigenvalue weighted by Gasteiger charge is 2.09.